The zero-order valence-corrected chi connectivity index (χ0v) is 13.6. The molecule has 22 heavy (non-hydrogen) atoms. The van der Waals surface area contributed by atoms with E-state index in [1.807, 2.05) is 0 Å². The van der Waals surface area contributed by atoms with E-state index in [1.165, 1.54) is 0 Å². The molecule has 0 radical (unpaired) electrons. The van der Waals surface area contributed by atoms with Crippen LogP contribution in [0.25, 0.3) is 0 Å². The molecule has 4 nitrogen and oxygen atoms in total. The van der Waals surface area contributed by atoms with Crippen LogP contribution < -0.4 is 5.32 Å². The summed E-state index contributed by atoms with van der Waals surface area (Å²) in [6.45, 7) is 4.40. The largest absolute Gasteiger partial charge is 0.393 e. The number of fused-ring (bicyclic) bond motifs is 5. The van der Waals surface area contributed by atoms with Crippen LogP contribution in [-0.4, -0.2) is 28.9 Å². The summed E-state index contributed by atoms with van der Waals surface area (Å²) in [5, 5.41) is 13.2. The smallest absolute Gasteiger partial charge is 0.223 e. The fourth-order valence-electron chi connectivity index (χ4n) is 6.27. The molecule has 0 aromatic rings. The molecule has 1 unspecified atom stereocenters. The predicted octanol–water partition coefficient (Wildman–Crippen LogP) is 2.05. The lowest BCUT2D eigenvalue weighted by atomic mass is 9.49. The van der Waals surface area contributed by atoms with E-state index in [0.29, 0.717) is 24.5 Å². The van der Waals surface area contributed by atoms with Crippen molar-refractivity contribution in [1.82, 2.24) is 5.32 Å². The lowest BCUT2D eigenvalue weighted by Crippen LogP contribution is -2.66. The van der Waals surface area contributed by atoms with Gasteiger partial charge >= 0.3 is 0 Å². The Hall–Kier alpha value is -0.900. The molecular weight excluding hydrogens is 278 g/mol. The molecule has 1 saturated heterocycles. The van der Waals surface area contributed by atoms with E-state index in [-0.39, 0.29) is 40.7 Å². The molecule has 0 aromatic carbocycles. The Morgan fingerprint density at radius 3 is 2.64 bits per heavy atom. The molecule has 1 amide bonds. The Morgan fingerprint density at radius 2 is 1.86 bits per heavy atom. The van der Waals surface area contributed by atoms with Crippen LogP contribution in [0.15, 0.2) is 0 Å². The topological polar surface area (TPSA) is 66.4 Å². The number of ketones is 1. The lowest BCUT2D eigenvalue weighted by Gasteiger charge is -2.59. The molecule has 0 spiro atoms. The molecule has 122 valence electrons. The number of hydrogen-bond acceptors (Lipinski definition) is 3. The first-order chi connectivity index (χ1) is 10.4. The number of piperidine rings is 1. The van der Waals surface area contributed by atoms with Crippen molar-refractivity contribution in [2.24, 2.45) is 28.6 Å². The summed E-state index contributed by atoms with van der Waals surface area (Å²) in [6.07, 6.45) is 5.69. The molecule has 0 aromatic heterocycles. The van der Waals surface area contributed by atoms with E-state index in [1.54, 1.807) is 0 Å². The normalized spacial score (nSPS) is 54.2. The van der Waals surface area contributed by atoms with Crippen LogP contribution in [0.4, 0.5) is 0 Å². The molecule has 1 heterocycles. The number of hydrogen-bond donors (Lipinski definition) is 2. The minimum absolute atomic E-state index is 0.00157. The van der Waals surface area contributed by atoms with Crippen molar-refractivity contribution in [2.45, 2.75) is 70.9 Å². The van der Waals surface area contributed by atoms with Crippen LogP contribution in [0.2, 0.25) is 0 Å². The van der Waals surface area contributed by atoms with Crippen LogP contribution in [0, 0.1) is 28.6 Å². The first kappa shape index (κ1) is 14.7. The van der Waals surface area contributed by atoms with Gasteiger partial charge in [0, 0.05) is 23.8 Å². The maximum atomic E-state index is 12.8. The third kappa shape index (κ3) is 1.73. The van der Waals surface area contributed by atoms with Gasteiger partial charge in [0.25, 0.3) is 0 Å². The summed E-state index contributed by atoms with van der Waals surface area (Å²) in [4.78, 5) is 25.2. The highest BCUT2D eigenvalue weighted by Gasteiger charge is 2.62. The summed E-state index contributed by atoms with van der Waals surface area (Å²) in [5.41, 5.74) is -0.180. The minimum Gasteiger partial charge on any atom is -0.393 e. The molecule has 0 bridgehead atoms. The average Bonchev–Trinajstić information content (AvgIpc) is 2.77. The Kier molecular flexibility index (Phi) is 3.04. The molecular formula is C18H27NO3. The van der Waals surface area contributed by atoms with Gasteiger partial charge in [-0.05, 0) is 55.8 Å². The number of aliphatic hydroxyl groups is 1. The van der Waals surface area contributed by atoms with Crippen LogP contribution >= 0.6 is 0 Å². The van der Waals surface area contributed by atoms with Gasteiger partial charge in [-0.3, -0.25) is 9.59 Å². The number of carbonyl (C=O) groups is 2. The fourth-order valence-corrected chi connectivity index (χ4v) is 6.27. The zero-order valence-electron chi connectivity index (χ0n) is 13.6. The fraction of sp³-hybridized carbons (Fsp3) is 0.889. The summed E-state index contributed by atoms with van der Waals surface area (Å²) in [5.74, 6) is 1.12. The Balaban J connectivity index is 1.70. The summed E-state index contributed by atoms with van der Waals surface area (Å²) < 4.78 is 0. The van der Waals surface area contributed by atoms with Gasteiger partial charge in [0.15, 0.2) is 0 Å². The van der Waals surface area contributed by atoms with E-state index in [4.69, 9.17) is 0 Å². The summed E-state index contributed by atoms with van der Waals surface area (Å²) in [6, 6.07) is 0.103. The highest BCUT2D eigenvalue weighted by atomic mass is 16.3. The molecule has 4 fully saturated rings. The Morgan fingerprint density at radius 1 is 1.09 bits per heavy atom. The first-order valence-corrected chi connectivity index (χ1v) is 8.88. The molecule has 4 rings (SSSR count). The third-order valence-corrected chi connectivity index (χ3v) is 7.77. The summed E-state index contributed by atoms with van der Waals surface area (Å²) in [7, 11) is 0. The number of aliphatic hydroxyl groups excluding tert-OH is 1. The number of nitrogens with one attached hydrogen (secondary N) is 1. The second-order valence-corrected chi connectivity index (χ2v) is 8.65. The van der Waals surface area contributed by atoms with Gasteiger partial charge in [0.2, 0.25) is 5.91 Å². The summed E-state index contributed by atoms with van der Waals surface area (Å²) >= 11 is 0. The zero-order chi connectivity index (χ0) is 15.7. The van der Waals surface area contributed by atoms with Gasteiger partial charge in [-0.25, -0.2) is 0 Å². The van der Waals surface area contributed by atoms with Crippen LogP contribution in [-0.2, 0) is 9.59 Å². The molecule has 3 aliphatic carbocycles. The first-order valence-electron chi connectivity index (χ1n) is 8.88. The van der Waals surface area contributed by atoms with Gasteiger partial charge in [0.1, 0.15) is 5.78 Å². The SMILES string of the molecule is C[C@]12CCC(O)C[C@@H]1NC(=O)[C@@H]1[C@@H]2CC[C@]2(C)C(=O)CC[C@@H]12. The number of rotatable bonds is 0. The van der Waals surface area contributed by atoms with E-state index in [0.717, 1.165) is 32.1 Å². The van der Waals surface area contributed by atoms with Crippen molar-refractivity contribution in [1.29, 1.82) is 0 Å². The minimum atomic E-state index is -0.281. The molecule has 7 atom stereocenters. The van der Waals surface area contributed by atoms with Crippen LogP contribution in [0.5, 0.6) is 0 Å². The van der Waals surface area contributed by atoms with Crippen molar-refractivity contribution in [3.8, 4) is 0 Å². The molecule has 4 heteroatoms. The van der Waals surface area contributed by atoms with Gasteiger partial charge in [-0.2, -0.15) is 0 Å². The highest BCUT2D eigenvalue weighted by Crippen LogP contribution is 2.61. The second-order valence-electron chi connectivity index (χ2n) is 8.65. The van der Waals surface area contributed by atoms with Crippen molar-refractivity contribution in [3.63, 3.8) is 0 Å². The van der Waals surface area contributed by atoms with Gasteiger partial charge in [0.05, 0.1) is 6.10 Å². The number of carbonyl (C=O) groups excluding carboxylic acids is 2. The quantitative estimate of drug-likeness (QED) is 0.720. The number of Topliss-reactive ketones (excluding diaryl/α,β-unsaturated/α-hetero) is 1. The van der Waals surface area contributed by atoms with Crippen molar-refractivity contribution >= 4 is 11.7 Å². The van der Waals surface area contributed by atoms with Crippen molar-refractivity contribution in [3.05, 3.63) is 0 Å². The lowest BCUT2D eigenvalue weighted by molar-refractivity contribution is -0.158. The van der Waals surface area contributed by atoms with Gasteiger partial charge < -0.3 is 10.4 Å². The van der Waals surface area contributed by atoms with E-state index in [9.17, 15) is 14.7 Å². The monoisotopic (exact) mass is 305 g/mol. The van der Waals surface area contributed by atoms with Crippen LogP contribution in [0.3, 0.4) is 0 Å². The van der Waals surface area contributed by atoms with Gasteiger partial charge in [-0.15, -0.1) is 0 Å². The molecule has 1 aliphatic heterocycles. The Labute approximate surface area is 132 Å². The van der Waals surface area contributed by atoms with Gasteiger partial charge in [-0.1, -0.05) is 13.8 Å². The van der Waals surface area contributed by atoms with E-state index in [2.05, 4.69) is 19.2 Å². The molecule has 3 saturated carbocycles. The highest BCUT2D eigenvalue weighted by molar-refractivity contribution is 5.90. The second kappa shape index (κ2) is 4.56. The molecule has 2 N–H and O–H groups in total. The van der Waals surface area contributed by atoms with Crippen LogP contribution in [0.1, 0.15) is 58.8 Å². The van der Waals surface area contributed by atoms with Crippen molar-refractivity contribution < 1.29 is 14.7 Å². The maximum absolute atomic E-state index is 12.8. The number of amides is 1. The third-order valence-electron chi connectivity index (χ3n) is 7.77. The van der Waals surface area contributed by atoms with E-state index >= 15 is 0 Å². The maximum Gasteiger partial charge on any atom is 0.223 e. The standard InChI is InChI=1S/C18H27NO3/c1-17-7-5-10(20)9-13(17)19-16(22)15-11-3-4-14(21)18(11,2)8-6-12(15)17/h10-13,15,20H,3-9H2,1-2H3,(H,19,22)/t10?,11-,12-,13-,15-,17+,18-/m0/s1. The Bertz CT molecular complexity index is 532. The molecule has 4 aliphatic rings. The predicted molar refractivity (Wildman–Crippen MR) is 81.9 cm³/mol. The van der Waals surface area contributed by atoms with E-state index < -0.39 is 0 Å². The average molecular weight is 305 g/mol. The van der Waals surface area contributed by atoms with Crippen molar-refractivity contribution in [2.75, 3.05) is 0 Å².